The Hall–Kier alpha value is -3.06. The van der Waals surface area contributed by atoms with Crippen LogP contribution in [0.15, 0.2) is 60.8 Å². The van der Waals surface area contributed by atoms with Gasteiger partial charge in [0.25, 0.3) is 5.91 Å². The van der Waals surface area contributed by atoms with Crippen LogP contribution in [0.4, 0.5) is 13.2 Å². The Bertz CT molecular complexity index is 1060. The summed E-state index contributed by atoms with van der Waals surface area (Å²) in [6.07, 6.45) is -3.16. The number of hydrogen-bond acceptors (Lipinski definition) is 2. The standard InChI is InChI=1S/C21H18F3N3O.ClH/c1-13-26-12-17(27(13)2)19(20(25)28)18(14-8-4-3-5-9-14)15-10-6-7-11-16(15)21(22,23)24;/h3-12H,1-2H3,(H2,25,28);1H. The first-order valence-corrected chi connectivity index (χ1v) is 8.46. The number of primary amides is 1. The number of hydrogen-bond donors (Lipinski definition) is 1. The van der Waals surface area contributed by atoms with Crippen molar-refractivity contribution in [1.29, 1.82) is 0 Å². The Labute approximate surface area is 172 Å². The highest BCUT2D eigenvalue weighted by Gasteiger charge is 2.35. The van der Waals surface area contributed by atoms with E-state index < -0.39 is 17.6 Å². The number of nitrogens with zero attached hydrogens (tertiary/aromatic N) is 2. The van der Waals surface area contributed by atoms with Crippen LogP contribution in [0, 0.1) is 6.92 Å². The average molecular weight is 422 g/mol. The van der Waals surface area contributed by atoms with Crippen LogP contribution >= 0.6 is 12.4 Å². The van der Waals surface area contributed by atoms with Gasteiger partial charge in [-0.2, -0.15) is 13.2 Å². The van der Waals surface area contributed by atoms with Gasteiger partial charge in [0.2, 0.25) is 0 Å². The molecule has 0 radical (unpaired) electrons. The van der Waals surface area contributed by atoms with Crippen LogP contribution in [0.1, 0.15) is 28.2 Å². The maximum Gasteiger partial charge on any atom is 0.417 e. The molecule has 3 aromatic rings. The number of carbonyl (C=O) groups is 1. The molecule has 152 valence electrons. The van der Waals surface area contributed by atoms with Crippen molar-refractivity contribution in [3.8, 4) is 0 Å². The molecule has 0 saturated heterocycles. The summed E-state index contributed by atoms with van der Waals surface area (Å²) in [5.41, 5.74) is 5.60. The Morgan fingerprint density at radius 1 is 1.03 bits per heavy atom. The largest absolute Gasteiger partial charge is 0.417 e. The Kier molecular flexibility index (Phi) is 6.54. The molecule has 0 unspecified atom stereocenters. The molecule has 2 aromatic carbocycles. The zero-order valence-electron chi connectivity index (χ0n) is 15.7. The summed E-state index contributed by atoms with van der Waals surface area (Å²) in [7, 11) is 1.68. The lowest BCUT2D eigenvalue weighted by Crippen LogP contribution is -2.18. The molecule has 1 heterocycles. The topological polar surface area (TPSA) is 60.9 Å². The Morgan fingerprint density at radius 3 is 2.14 bits per heavy atom. The highest BCUT2D eigenvalue weighted by atomic mass is 35.5. The molecule has 0 fully saturated rings. The van der Waals surface area contributed by atoms with E-state index in [1.807, 2.05) is 0 Å². The summed E-state index contributed by atoms with van der Waals surface area (Å²) in [6, 6.07) is 13.6. The number of benzene rings is 2. The Balaban J connectivity index is 0.00000300. The quantitative estimate of drug-likeness (QED) is 0.625. The van der Waals surface area contributed by atoms with E-state index in [0.29, 0.717) is 17.1 Å². The van der Waals surface area contributed by atoms with E-state index in [2.05, 4.69) is 4.98 Å². The van der Waals surface area contributed by atoms with Gasteiger partial charge in [-0.1, -0.05) is 48.5 Å². The third-order valence-electron chi connectivity index (χ3n) is 4.54. The van der Waals surface area contributed by atoms with Gasteiger partial charge in [-0.3, -0.25) is 4.79 Å². The van der Waals surface area contributed by atoms with Gasteiger partial charge in [0.15, 0.2) is 0 Å². The number of halogens is 4. The summed E-state index contributed by atoms with van der Waals surface area (Å²) in [4.78, 5) is 16.6. The number of rotatable bonds is 4. The van der Waals surface area contributed by atoms with Crippen molar-refractivity contribution < 1.29 is 18.0 Å². The number of carbonyl (C=O) groups excluding carboxylic acids is 1. The SMILES string of the molecule is Cc1ncc(C(C(N)=O)=C(c2ccccc2)c2ccccc2C(F)(F)F)n1C.Cl. The molecule has 0 bridgehead atoms. The minimum atomic E-state index is -4.60. The summed E-state index contributed by atoms with van der Waals surface area (Å²) in [5, 5.41) is 0. The molecule has 0 aliphatic heterocycles. The summed E-state index contributed by atoms with van der Waals surface area (Å²) in [5.74, 6) is -0.232. The second-order valence-electron chi connectivity index (χ2n) is 6.27. The predicted octanol–water partition coefficient (Wildman–Crippen LogP) is 4.61. The van der Waals surface area contributed by atoms with Crippen LogP contribution in [0.3, 0.4) is 0 Å². The number of imidazole rings is 1. The number of aryl methyl sites for hydroxylation is 1. The minimum absolute atomic E-state index is 0. The minimum Gasteiger partial charge on any atom is -0.366 e. The van der Waals surface area contributed by atoms with Crippen molar-refractivity contribution in [2.24, 2.45) is 12.8 Å². The first-order chi connectivity index (χ1) is 13.2. The van der Waals surface area contributed by atoms with Crippen LogP contribution in [0.5, 0.6) is 0 Å². The smallest absolute Gasteiger partial charge is 0.366 e. The van der Waals surface area contributed by atoms with Crippen LogP contribution in [-0.2, 0) is 18.0 Å². The third kappa shape index (κ3) is 4.35. The number of alkyl halides is 3. The van der Waals surface area contributed by atoms with Gasteiger partial charge >= 0.3 is 6.18 Å². The van der Waals surface area contributed by atoms with Gasteiger partial charge in [-0.25, -0.2) is 4.98 Å². The molecule has 1 aromatic heterocycles. The van der Waals surface area contributed by atoms with Crippen LogP contribution in [0.2, 0.25) is 0 Å². The van der Waals surface area contributed by atoms with Gasteiger partial charge < -0.3 is 10.3 Å². The van der Waals surface area contributed by atoms with Gasteiger partial charge in [-0.05, 0) is 24.1 Å². The highest BCUT2D eigenvalue weighted by Crippen LogP contribution is 2.40. The highest BCUT2D eigenvalue weighted by molar-refractivity contribution is 6.28. The lowest BCUT2D eigenvalue weighted by molar-refractivity contribution is -0.137. The van der Waals surface area contributed by atoms with E-state index >= 15 is 0 Å². The van der Waals surface area contributed by atoms with Crippen LogP contribution in [-0.4, -0.2) is 15.5 Å². The molecule has 0 aliphatic rings. The molecule has 0 spiro atoms. The molecular weight excluding hydrogens is 403 g/mol. The molecule has 3 rings (SSSR count). The lowest BCUT2D eigenvalue weighted by Gasteiger charge is -2.19. The fourth-order valence-electron chi connectivity index (χ4n) is 3.10. The maximum atomic E-state index is 13.7. The molecule has 0 aliphatic carbocycles. The second-order valence-corrected chi connectivity index (χ2v) is 6.27. The zero-order chi connectivity index (χ0) is 20.5. The van der Waals surface area contributed by atoms with Crippen molar-refractivity contribution in [1.82, 2.24) is 9.55 Å². The fraction of sp³-hybridized carbons (Fsp3) is 0.143. The molecular formula is C21H19ClF3N3O. The van der Waals surface area contributed by atoms with E-state index in [4.69, 9.17) is 5.73 Å². The van der Waals surface area contributed by atoms with E-state index in [9.17, 15) is 18.0 Å². The number of aromatic nitrogens is 2. The lowest BCUT2D eigenvalue weighted by atomic mass is 9.88. The molecule has 1 amide bonds. The first kappa shape index (κ1) is 22.2. The zero-order valence-corrected chi connectivity index (χ0v) is 16.5. The summed E-state index contributed by atoms with van der Waals surface area (Å²) >= 11 is 0. The van der Waals surface area contributed by atoms with Crippen molar-refractivity contribution >= 4 is 29.5 Å². The summed E-state index contributed by atoms with van der Waals surface area (Å²) in [6.45, 7) is 1.73. The number of amides is 1. The Morgan fingerprint density at radius 2 is 1.62 bits per heavy atom. The fourth-order valence-corrected chi connectivity index (χ4v) is 3.10. The van der Waals surface area contributed by atoms with Gasteiger partial charge in [-0.15, -0.1) is 12.4 Å². The molecule has 2 N–H and O–H groups in total. The van der Waals surface area contributed by atoms with E-state index in [-0.39, 0.29) is 29.1 Å². The first-order valence-electron chi connectivity index (χ1n) is 8.46. The van der Waals surface area contributed by atoms with Crippen molar-refractivity contribution in [2.75, 3.05) is 0 Å². The van der Waals surface area contributed by atoms with Crippen LogP contribution in [0.25, 0.3) is 11.1 Å². The predicted molar refractivity (Wildman–Crippen MR) is 108 cm³/mol. The van der Waals surface area contributed by atoms with Gasteiger partial charge in [0.1, 0.15) is 5.82 Å². The summed E-state index contributed by atoms with van der Waals surface area (Å²) < 4.78 is 42.8. The second kappa shape index (κ2) is 8.53. The monoisotopic (exact) mass is 421 g/mol. The molecule has 0 saturated carbocycles. The number of nitrogens with two attached hydrogens (primary N) is 1. The molecule has 29 heavy (non-hydrogen) atoms. The van der Waals surface area contributed by atoms with Crippen molar-refractivity contribution in [3.63, 3.8) is 0 Å². The van der Waals surface area contributed by atoms with E-state index in [0.717, 1.165) is 6.07 Å². The van der Waals surface area contributed by atoms with Crippen molar-refractivity contribution in [2.45, 2.75) is 13.1 Å². The van der Waals surface area contributed by atoms with Gasteiger partial charge in [0.05, 0.1) is 23.0 Å². The van der Waals surface area contributed by atoms with Crippen LogP contribution < -0.4 is 5.73 Å². The molecule has 0 atom stereocenters. The maximum absolute atomic E-state index is 13.7. The van der Waals surface area contributed by atoms with E-state index in [1.165, 1.54) is 24.4 Å². The average Bonchev–Trinajstić information content (AvgIpc) is 2.98. The van der Waals surface area contributed by atoms with E-state index in [1.54, 1.807) is 48.9 Å². The van der Waals surface area contributed by atoms with Gasteiger partial charge in [0, 0.05) is 12.6 Å². The third-order valence-corrected chi connectivity index (χ3v) is 4.54. The molecule has 4 nitrogen and oxygen atoms in total. The molecule has 8 heteroatoms. The normalized spacial score (nSPS) is 12.2. The van der Waals surface area contributed by atoms with Crippen molar-refractivity contribution in [3.05, 3.63) is 89.0 Å².